The van der Waals surface area contributed by atoms with Crippen LogP contribution in [0.15, 0.2) is 22.7 Å². The van der Waals surface area contributed by atoms with Gasteiger partial charge in [0.25, 0.3) is 0 Å². The summed E-state index contributed by atoms with van der Waals surface area (Å²) in [5.74, 6) is 5.34. The second-order valence-electron chi connectivity index (χ2n) is 4.47. The second-order valence-corrected chi connectivity index (χ2v) is 5.39. The Hall–Kier alpha value is -1.24. The molecule has 0 fully saturated rings. The first-order valence-corrected chi connectivity index (χ1v) is 6.66. The number of nitrogens with one attached hydrogen (secondary N) is 1. The van der Waals surface area contributed by atoms with Gasteiger partial charge in [0.05, 0.1) is 11.7 Å². The van der Waals surface area contributed by atoms with E-state index in [1.54, 1.807) is 16.8 Å². The fourth-order valence-electron chi connectivity index (χ4n) is 2.27. The van der Waals surface area contributed by atoms with Crippen molar-refractivity contribution in [3.05, 3.63) is 51.0 Å². The number of benzene rings is 1. The highest BCUT2D eigenvalue weighted by atomic mass is 79.9. The summed E-state index contributed by atoms with van der Waals surface area (Å²) >= 11 is 3.35. The molecular formula is C13H16BrFN4. The van der Waals surface area contributed by atoms with E-state index in [1.165, 1.54) is 6.07 Å². The minimum atomic E-state index is -0.425. The molecule has 102 valence electrons. The zero-order valence-corrected chi connectivity index (χ0v) is 12.6. The number of hydrogen-bond donors (Lipinski definition) is 2. The van der Waals surface area contributed by atoms with Gasteiger partial charge in [-0.25, -0.2) is 9.82 Å². The highest BCUT2D eigenvalue weighted by Crippen LogP contribution is 2.30. The Balaban J connectivity index is 2.59. The standard InChI is InChI=1S/C13H16BrFN4/c1-7-12(8(2)19(3)18-7)13(17-16)10-6-9(14)4-5-11(10)15/h4-6,13,17H,16H2,1-3H3. The molecule has 1 heterocycles. The van der Waals surface area contributed by atoms with E-state index in [-0.39, 0.29) is 5.82 Å². The molecule has 1 atom stereocenters. The maximum Gasteiger partial charge on any atom is 0.128 e. The summed E-state index contributed by atoms with van der Waals surface area (Å²) in [5.41, 5.74) is 5.88. The molecule has 0 amide bonds. The number of nitrogens with zero attached hydrogens (tertiary/aromatic N) is 2. The molecule has 1 aromatic heterocycles. The monoisotopic (exact) mass is 326 g/mol. The van der Waals surface area contributed by atoms with Crippen LogP contribution in [-0.4, -0.2) is 9.78 Å². The normalized spacial score (nSPS) is 12.7. The van der Waals surface area contributed by atoms with Gasteiger partial charge in [-0.05, 0) is 32.0 Å². The minimum Gasteiger partial charge on any atom is -0.272 e. The lowest BCUT2D eigenvalue weighted by Crippen LogP contribution is -2.30. The molecule has 0 bridgehead atoms. The van der Waals surface area contributed by atoms with Gasteiger partial charge in [-0.1, -0.05) is 15.9 Å². The predicted molar refractivity (Wildman–Crippen MR) is 75.9 cm³/mol. The predicted octanol–water partition coefficient (Wildman–Crippen LogP) is 2.49. The summed E-state index contributed by atoms with van der Waals surface area (Å²) in [4.78, 5) is 0. The third-order valence-corrected chi connectivity index (χ3v) is 3.78. The van der Waals surface area contributed by atoms with Crippen LogP contribution in [0, 0.1) is 19.7 Å². The van der Waals surface area contributed by atoms with Crippen LogP contribution in [0.1, 0.15) is 28.6 Å². The molecule has 6 heteroatoms. The minimum absolute atomic E-state index is 0.297. The number of rotatable bonds is 3. The first-order valence-electron chi connectivity index (χ1n) is 5.87. The van der Waals surface area contributed by atoms with E-state index in [0.717, 1.165) is 21.4 Å². The Morgan fingerprint density at radius 3 is 2.63 bits per heavy atom. The molecule has 0 radical (unpaired) electrons. The quantitative estimate of drug-likeness (QED) is 0.673. The van der Waals surface area contributed by atoms with Crippen molar-refractivity contribution in [1.29, 1.82) is 0 Å². The molecule has 0 saturated carbocycles. The lowest BCUT2D eigenvalue weighted by Gasteiger charge is -2.18. The van der Waals surface area contributed by atoms with Crippen LogP contribution in [0.5, 0.6) is 0 Å². The Kier molecular flexibility index (Phi) is 4.03. The van der Waals surface area contributed by atoms with Crippen LogP contribution in [0.25, 0.3) is 0 Å². The van der Waals surface area contributed by atoms with Crippen LogP contribution >= 0.6 is 15.9 Å². The Bertz CT molecular complexity index is 609. The van der Waals surface area contributed by atoms with Gasteiger partial charge in [0.1, 0.15) is 5.82 Å². The van der Waals surface area contributed by atoms with Crippen LogP contribution in [0.3, 0.4) is 0 Å². The van der Waals surface area contributed by atoms with E-state index < -0.39 is 6.04 Å². The molecule has 0 aliphatic carbocycles. The van der Waals surface area contributed by atoms with Gasteiger partial charge in [0.15, 0.2) is 0 Å². The molecule has 0 aliphatic rings. The van der Waals surface area contributed by atoms with Crippen molar-refractivity contribution in [2.45, 2.75) is 19.9 Å². The van der Waals surface area contributed by atoms with E-state index in [4.69, 9.17) is 5.84 Å². The van der Waals surface area contributed by atoms with Crippen LogP contribution in [0.2, 0.25) is 0 Å². The Labute approximate surface area is 119 Å². The number of aryl methyl sites for hydroxylation is 2. The van der Waals surface area contributed by atoms with Crippen molar-refractivity contribution in [3.8, 4) is 0 Å². The van der Waals surface area contributed by atoms with Crippen molar-refractivity contribution in [2.24, 2.45) is 12.9 Å². The van der Waals surface area contributed by atoms with E-state index in [2.05, 4.69) is 26.5 Å². The molecule has 2 aromatic rings. The molecule has 0 saturated heterocycles. The van der Waals surface area contributed by atoms with Crippen molar-refractivity contribution in [1.82, 2.24) is 15.2 Å². The first kappa shape index (κ1) is 14.2. The van der Waals surface area contributed by atoms with Gasteiger partial charge in [0, 0.05) is 28.3 Å². The number of aromatic nitrogens is 2. The average molecular weight is 327 g/mol. The summed E-state index contributed by atoms with van der Waals surface area (Å²) < 4.78 is 16.6. The topological polar surface area (TPSA) is 55.9 Å². The van der Waals surface area contributed by atoms with Crippen molar-refractivity contribution >= 4 is 15.9 Å². The lowest BCUT2D eigenvalue weighted by molar-refractivity contribution is 0.556. The molecule has 4 nitrogen and oxygen atoms in total. The smallest absolute Gasteiger partial charge is 0.128 e. The van der Waals surface area contributed by atoms with Gasteiger partial charge >= 0.3 is 0 Å². The number of hydrazine groups is 1. The maximum absolute atomic E-state index is 14.0. The largest absolute Gasteiger partial charge is 0.272 e. The van der Waals surface area contributed by atoms with Crippen molar-refractivity contribution in [2.75, 3.05) is 0 Å². The maximum atomic E-state index is 14.0. The SMILES string of the molecule is Cc1nn(C)c(C)c1C(NN)c1cc(Br)ccc1F. The molecule has 19 heavy (non-hydrogen) atoms. The molecule has 1 aromatic carbocycles. The number of halogens is 2. The molecule has 2 rings (SSSR count). The summed E-state index contributed by atoms with van der Waals surface area (Å²) in [6, 6.07) is 4.39. The van der Waals surface area contributed by atoms with E-state index in [9.17, 15) is 4.39 Å². The van der Waals surface area contributed by atoms with Gasteiger partial charge in [0.2, 0.25) is 0 Å². The zero-order chi connectivity index (χ0) is 14.2. The fourth-order valence-corrected chi connectivity index (χ4v) is 2.65. The number of nitrogens with two attached hydrogens (primary N) is 1. The zero-order valence-electron chi connectivity index (χ0n) is 11.0. The van der Waals surface area contributed by atoms with Gasteiger partial charge in [-0.15, -0.1) is 0 Å². The Morgan fingerprint density at radius 2 is 2.11 bits per heavy atom. The summed E-state index contributed by atoms with van der Waals surface area (Å²) in [5, 5.41) is 4.34. The number of hydrogen-bond acceptors (Lipinski definition) is 3. The van der Waals surface area contributed by atoms with Crippen molar-refractivity contribution < 1.29 is 4.39 Å². The van der Waals surface area contributed by atoms with Crippen LogP contribution < -0.4 is 11.3 Å². The molecule has 0 aliphatic heterocycles. The van der Waals surface area contributed by atoms with Crippen LogP contribution in [0.4, 0.5) is 4.39 Å². The average Bonchev–Trinajstić information content (AvgIpc) is 2.61. The Morgan fingerprint density at radius 1 is 1.42 bits per heavy atom. The summed E-state index contributed by atoms with van der Waals surface area (Å²) in [6.45, 7) is 3.83. The van der Waals surface area contributed by atoms with E-state index >= 15 is 0 Å². The second kappa shape index (κ2) is 5.40. The third kappa shape index (κ3) is 2.56. The summed E-state index contributed by atoms with van der Waals surface area (Å²) in [6.07, 6.45) is 0. The highest BCUT2D eigenvalue weighted by molar-refractivity contribution is 9.10. The highest BCUT2D eigenvalue weighted by Gasteiger charge is 2.23. The first-order chi connectivity index (χ1) is 8.95. The van der Waals surface area contributed by atoms with Gasteiger partial charge in [-0.3, -0.25) is 10.5 Å². The van der Waals surface area contributed by atoms with E-state index in [0.29, 0.717) is 5.56 Å². The molecule has 0 spiro atoms. The molecule has 1 unspecified atom stereocenters. The third-order valence-electron chi connectivity index (χ3n) is 3.29. The molecule has 3 N–H and O–H groups in total. The molecular weight excluding hydrogens is 311 g/mol. The van der Waals surface area contributed by atoms with Crippen molar-refractivity contribution in [3.63, 3.8) is 0 Å². The van der Waals surface area contributed by atoms with Gasteiger partial charge < -0.3 is 0 Å². The van der Waals surface area contributed by atoms with Gasteiger partial charge in [-0.2, -0.15) is 5.10 Å². The fraction of sp³-hybridized carbons (Fsp3) is 0.308. The summed E-state index contributed by atoms with van der Waals surface area (Å²) in [7, 11) is 1.86. The lowest BCUT2D eigenvalue weighted by atomic mass is 9.97. The van der Waals surface area contributed by atoms with Crippen LogP contribution in [-0.2, 0) is 7.05 Å². The van der Waals surface area contributed by atoms with E-state index in [1.807, 2.05) is 20.9 Å².